The minimum atomic E-state index is -1.16. The van der Waals surface area contributed by atoms with Gasteiger partial charge >= 0.3 is 0 Å². The zero-order chi connectivity index (χ0) is 14.1. The predicted molar refractivity (Wildman–Crippen MR) is 72.2 cm³/mol. The molecule has 0 aliphatic carbocycles. The number of fused-ring (bicyclic) bond motifs is 1. The fraction of sp³-hybridized carbons (Fsp3) is 0.0625. The van der Waals surface area contributed by atoms with Gasteiger partial charge in [-0.1, -0.05) is 30.3 Å². The van der Waals surface area contributed by atoms with Crippen LogP contribution in [0, 0.1) is 11.6 Å². The Kier molecular flexibility index (Phi) is 3.16. The van der Waals surface area contributed by atoms with E-state index >= 15 is 0 Å². The van der Waals surface area contributed by atoms with Crippen molar-refractivity contribution in [2.24, 2.45) is 0 Å². The second kappa shape index (κ2) is 4.98. The highest BCUT2D eigenvalue weighted by atomic mass is 19.1. The van der Waals surface area contributed by atoms with Gasteiger partial charge in [-0.3, -0.25) is 4.98 Å². The van der Waals surface area contributed by atoms with Crippen LogP contribution in [0.25, 0.3) is 10.8 Å². The Balaban J connectivity index is 2.20. The summed E-state index contributed by atoms with van der Waals surface area (Å²) in [4.78, 5) is 3.65. The first kappa shape index (κ1) is 12.7. The first-order chi connectivity index (χ1) is 9.68. The van der Waals surface area contributed by atoms with Crippen LogP contribution in [0.2, 0.25) is 0 Å². The van der Waals surface area contributed by atoms with Crippen LogP contribution >= 0.6 is 0 Å². The summed E-state index contributed by atoms with van der Waals surface area (Å²) in [5.41, 5.74) is 0.587. The largest absolute Gasteiger partial charge is 0.384 e. The van der Waals surface area contributed by atoms with Crippen molar-refractivity contribution in [2.75, 3.05) is 0 Å². The Morgan fingerprint density at radius 3 is 2.35 bits per heavy atom. The molecule has 1 heterocycles. The zero-order valence-electron chi connectivity index (χ0n) is 10.4. The molecule has 0 aliphatic heterocycles. The number of aromatic nitrogens is 1. The fourth-order valence-electron chi connectivity index (χ4n) is 2.30. The first-order valence-electron chi connectivity index (χ1n) is 6.13. The molecule has 20 heavy (non-hydrogen) atoms. The smallest absolute Gasteiger partial charge is 0.147 e. The van der Waals surface area contributed by atoms with Gasteiger partial charge in [-0.05, 0) is 23.1 Å². The van der Waals surface area contributed by atoms with Crippen LogP contribution in [-0.2, 0) is 0 Å². The van der Waals surface area contributed by atoms with Crippen LogP contribution in [0.5, 0.6) is 0 Å². The molecular formula is C16H11F2NO. The Hall–Kier alpha value is -2.33. The number of aliphatic hydroxyl groups excluding tert-OH is 1. The summed E-state index contributed by atoms with van der Waals surface area (Å²) >= 11 is 0. The van der Waals surface area contributed by atoms with E-state index in [0.29, 0.717) is 16.3 Å². The molecular weight excluding hydrogens is 260 g/mol. The van der Waals surface area contributed by atoms with Crippen molar-refractivity contribution in [3.05, 3.63) is 77.6 Å². The zero-order valence-corrected chi connectivity index (χ0v) is 10.4. The molecule has 4 heteroatoms. The van der Waals surface area contributed by atoms with Crippen molar-refractivity contribution in [3.63, 3.8) is 0 Å². The normalized spacial score (nSPS) is 12.6. The molecule has 1 aromatic heterocycles. The van der Waals surface area contributed by atoms with Gasteiger partial charge in [0.2, 0.25) is 0 Å². The van der Waals surface area contributed by atoms with Crippen LogP contribution in [0.15, 0.2) is 54.9 Å². The lowest BCUT2D eigenvalue weighted by Gasteiger charge is -2.15. The summed E-state index contributed by atoms with van der Waals surface area (Å²) in [7, 11) is 0. The van der Waals surface area contributed by atoms with Crippen LogP contribution in [0.4, 0.5) is 8.78 Å². The highest BCUT2D eigenvalue weighted by molar-refractivity contribution is 5.86. The third kappa shape index (κ3) is 2.04. The second-order valence-electron chi connectivity index (χ2n) is 4.48. The van der Waals surface area contributed by atoms with Crippen LogP contribution in [-0.4, -0.2) is 10.1 Å². The summed E-state index contributed by atoms with van der Waals surface area (Å²) in [6.45, 7) is 0. The van der Waals surface area contributed by atoms with Gasteiger partial charge in [0.1, 0.15) is 17.7 Å². The Morgan fingerprint density at radius 2 is 1.60 bits per heavy atom. The maximum Gasteiger partial charge on any atom is 0.147 e. The minimum Gasteiger partial charge on any atom is -0.384 e. The molecule has 2 nitrogen and oxygen atoms in total. The van der Waals surface area contributed by atoms with E-state index < -0.39 is 11.9 Å². The van der Waals surface area contributed by atoms with E-state index in [1.807, 2.05) is 0 Å². The van der Waals surface area contributed by atoms with Gasteiger partial charge in [-0.25, -0.2) is 8.78 Å². The average Bonchev–Trinajstić information content (AvgIpc) is 2.48. The van der Waals surface area contributed by atoms with Gasteiger partial charge in [0, 0.05) is 17.1 Å². The molecule has 2 aromatic carbocycles. The van der Waals surface area contributed by atoms with E-state index in [9.17, 15) is 13.9 Å². The molecule has 1 unspecified atom stereocenters. The highest BCUT2D eigenvalue weighted by Crippen LogP contribution is 2.31. The third-order valence-electron chi connectivity index (χ3n) is 3.30. The predicted octanol–water partition coefficient (Wildman–Crippen LogP) is 3.59. The van der Waals surface area contributed by atoms with E-state index in [0.717, 1.165) is 6.20 Å². The first-order valence-corrected chi connectivity index (χ1v) is 6.13. The SMILES string of the molecule is OC(c1ccncc1F)c1ccc(F)c2ccccc12. The molecule has 1 N–H and O–H groups in total. The molecule has 3 rings (SSSR count). The lowest BCUT2D eigenvalue weighted by Crippen LogP contribution is -2.04. The van der Waals surface area contributed by atoms with Crippen LogP contribution in [0.1, 0.15) is 17.2 Å². The van der Waals surface area contributed by atoms with Crippen molar-refractivity contribution in [1.82, 2.24) is 4.98 Å². The van der Waals surface area contributed by atoms with Crippen LogP contribution < -0.4 is 0 Å². The Bertz CT molecular complexity index is 773. The maximum atomic E-state index is 13.7. The molecule has 3 aromatic rings. The minimum absolute atomic E-state index is 0.122. The molecule has 0 fully saturated rings. The Labute approximate surface area is 114 Å². The van der Waals surface area contributed by atoms with E-state index in [-0.39, 0.29) is 11.4 Å². The summed E-state index contributed by atoms with van der Waals surface area (Å²) in [5, 5.41) is 11.3. The molecule has 100 valence electrons. The number of hydrogen-bond donors (Lipinski definition) is 1. The van der Waals surface area contributed by atoms with Crippen molar-refractivity contribution in [1.29, 1.82) is 0 Å². The molecule has 1 atom stereocenters. The Morgan fingerprint density at radius 1 is 0.850 bits per heavy atom. The number of nitrogens with zero attached hydrogens (tertiary/aromatic N) is 1. The molecule has 0 radical (unpaired) electrons. The molecule has 0 aliphatic rings. The monoisotopic (exact) mass is 271 g/mol. The van der Waals surface area contributed by atoms with Gasteiger partial charge in [-0.15, -0.1) is 0 Å². The summed E-state index contributed by atoms with van der Waals surface area (Å²) in [5.74, 6) is -0.958. The fourth-order valence-corrected chi connectivity index (χ4v) is 2.30. The van der Waals surface area contributed by atoms with Crippen molar-refractivity contribution >= 4 is 10.8 Å². The van der Waals surface area contributed by atoms with Crippen molar-refractivity contribution in [3.8, 4) is 0 Å². The number of aliphatic hydroxyl groups is 1. The van der Waals surface area contributed by atoms with Gasteiger partial charge in [0.25, 0.3) is 0 Å². The van der Waals surface area contributed by atoms with E-state index in [1.54, 1.807) is 24.3 Å². The summed E-state index contributed by atoms with van der Waals surface area (Å²) < 4.78 is 27.5. The molecule has 0 saturated carbocycles. The number of rotatable bonds is 2. The van der Waals surface area contributed by atoms with Gasteiger partial charge in [-0.2, -0.15) is 0 Å². The molecule has 0 saturated heterocycles. The number of hydrogen-bond acceptors (Lipinski definition) is 2. The molecule has 0 bridgehead atoms. The lowest BCUT2D eigenvalue weighted by atomic mass is 9.96. The lowest BCUT2D eigenvalue weighted by molar-refractivity contribution is 0.216. The van der Waals surface area contributed by atoms with Crippen LogP contribution in [0.3, 0.4) is 0 Å². The van der Waals surface area contributed by atoms with E-state index in [2.05, 4.69) is 4.98 Å². The van der Waals surface area contributed by atoms with E-state index in [1.165, 1.54) is 24.4 Å². The summed E-state index contributed by atoms with van der Waals surface area (Å²) in [6.07, 6.45) is 1.29. The maximum absolute atomic E-state index is 13.7. The second-order valence-corrected chi connectivity index (χ2v) is 4.48. The number of benzene rings is 2. The van der Waals surface area contributed by atoms with Crippen molar-refractivity contribution in [2.45, 2.75) is 6.10 Å². The van der Waals surface area contributed by atoms with Gasteiger partial charge in [0.05, 0.1) is 6.20 Å². The molecule has 0 spiro atoms. The van der Waals surface area contributed by atoms with Gasteiger partial charge in [0.15, 0.2) is 0 Å². The van der Waals surface area contributed by atoms with E-state index in [4.69, 9.17) is 0 Å². The topological polar surface area (TPSA) is 33.1 Å². The quantitative estimate of drug-likeness (QED) is 0.772. The van der Waals surface area contributed by atoms with Gasteiger partial charge < -0.3 is 5.11 Å². The number of pyridine rings is 1. The highest BCUT2D eigenvalue weighted by Gasteiger charge is 2.18. The molecule has 0 amide bonds. The standard InChI is InChI=1S/C16H11F2NO/c17-14-6-5-12(10-3-1-2-4-11(10)14)16(20)13-7-8-19-9-15(13)18/h1-9,16,20H. The summed E-state index contributed by atoms with van der Waals surface area (Å²) in [6, 6.07) is 11.0. The number of halogens is 2. The average molecular weight is 271 g/mol. The van der Waals surface area contributed by atoms with Crippen molar-refractivity contribution < 1.29 is 13.9 Å². The third-order valence-corrected chi connectivity index (χ3v) is 3.30.